The lowest BCUT2D eigenvalue weighted by Crippen LogP contribution is -2.43. The van der Waals surface area contributed by atoms with Crippen LogP contribution in [0.1, 0.15) is 20.3 Å². The van der Waals surface area contributed by atoms with Crippen molar-refractivity contribution in [2.24, 2.45) is 5.73 Å². The summed E-state index contributed by atoms with van der Waals surface area (Å²) < 4.78 is 0. The predicted octanol–water partition coefficient (Wildman–Crippen LogP) is -0.208. The molecule has 3 N–H and O–H groups in total. The van der Waals surface area contributed by atoms with E-state index in [1.807, 2.05) is 0 Å². The molecule has 78 valence electrons. The molecule has 0 heterocycles. The van der Waals surface area contributed by atoms with Crippen molar-refractivity contribution in [2.45, 2.75) is 26.3 Å². The number of carbonyl (C=O) groups is 1. The monoisotopic (exact) mass is 187 g/mol. The zero-order chi connectivity index (χ0) is 10.3. The minimum atomic E-state index is 0.0577. The zero-order valence-electron chi connectivity index (χ0n) is 8.84. The van der Waals surface area contributed by atoms with Crippen molar-refractivity contribution in [3.05, 3.63) is 0 Å². The molecule has 0 saturated heterocycles. The predicted molar refractivity (Wildman–Crippen MR) is 54.4 cm³/mol. The van der Waals surface area contributed by atoms with Gasteiger partial charge in [-0.15, -0.1) is 0 Å². The average Bonchev–Trinajstić information content (AvgIpc) is 2.17. The molecule has 1 amide bonds. The number of nitrogens with zero attached hydrogens (tertiary/aromatic N) is 1. The van der Waals surface area contributed by atoms with E-state index < -0.39 is 0 Å². The third kappa shape index (κ3) is 4.24. The van der Waals surface area contributed by atoms with Crippen LogP contribution in [-0.2, 0) is 4.79 Å². The van der Waals surface area contributed by atoms with Gasteiger partial charge in [0.25, 0.3) is 0 Å². The molecule has 0 fully saturated rings. The Morgan fingerprint density at radius 1 is 1.46 bits per heavy atom. The summed E-state index contributed by atoms with van der Waals surface area (Å²) in [5, 5.41) is 2.61. The Labute approximate surface area is 80.5 Å². The van der Waals surface area contributed by atoms with Crippen LogP contribution in [-0.4, -0.2) is 43.5 Å². The van der Waals surface area contributed by atoms with Gasteiger partial charge < -0.3 is 11.1 Å². The third-order valence-corrected chi connectivity index (χ3v) is 2.30. The fourth-order valence-electron chi connectivity index (χ4n) is 1.42. The first-order valence-corrected chi connectivity index (χ1v) is 4.84. The van der Waals surface area contributed by atoms with Crippen molar-refractivity contribution in [2.75, 3.05) is 26.7 Å². The van der Waals surface area contributed by atoms with Crippen LogP contribution >= 0.6 is 0 Å². The van der Waals surface area contributed by atoms with Gasteiger partial charge in [-0.3, -0.25) is 9.69 Å². The summed E-state index contributed by atoms with van der Waals surface area (Å²) in [5.41, 5.74) is 5.61. The number of carbonyl (C=O) groups excluding carboxylic acids is 1. The highest BCUT2D eigenvalue weighted by Gasteiger charge is 2.16. The molecule has 4 heteroatoms. The van der Waals surface area contributed by atoms with Gasteiger partial charge in [0.1, 0.15) is 0 Å². The lowest BCUT2D eigenvalue weighted by atomic mass is 10.1. The maximum atomic E-state index is 11.1. The highest BCUT2D eigenvalue weighted by molar-refractivity contribution is 5.76. The number of rotatable bonds is 6. The van der Waals surface area contributed by atoms with Crippen LogP contribution in [0, 0.1) is 0 Å². The van der Waals surface area contributed by atoms with Crippen molar-refractivity contribution in [1.29, 1.82) is 0 Å². The first-order chi connectivity index (χ1) is 6.19. The van der Waals surface area contributed by atoms with Crippen LogP contribution in [0.15, 0.2) is 0 Å². The Hall–Kier alpha value is -0.610. The standard InChI is InChI=1S/C9H21N3O/c1-4-12(5-2)8(7-10)6-9(13)11-3/h8H,4-7,10H2,1-3H3,(H,11,13). The second-order valence-electron chi connectivity index (χ2n) is 2.99. The Kier molecular flexibility index (Phi) is 6.54. The number of likely N-dealkylation sites (N-methyl/N-ethyl adjacent to an activating group) is 1. The summed E-state index contributed by atoms with van der Waals surface area (Å²) in [7, 11) is 1.65. The second-order valence-corrected chi connectivity index (χ2v) is 2.99. The Morgan fingerprint density at radius 2 is 2.00 bits per heavy atom. The fourth-order valence-corrected chi connectivity index (χ4v) is 1.42. The largest absolute Gasteiger partial charge is 0.359 e. The van der Waals surface area contributed by atoms with Crippen LogP contribution in [0.25, 0.3) is 0 Å². The van der Waals surface area contributed by atoms with Crippen molar-refractivity contribution in [3.63, 3.8) is 0 Å². The van der Waals surface area contributed by atoms with E-state index in [4.69, 9.17) is 5.73 Å². The summed E-state index contributed by atoms with van der Waals surface area (Å²) in [6.07, 6.45) is 0.495. The minimum Gasteiger partial charge on any atom is -0.359 e. The first-order valence-electron chi connectivity index (χ1n) is 4.84. The summed E-state index contributed by atoms with van der Waals surface area (Å²) in [6, 6.07) is 0.176. The maximum Gasteiger partial charge on any atom is 0.221 e. The van der Waals surface area contributed by atoms with Crippen molar-refractivity contribution >= 4 is 5.91 Å². The average molecular weight is 187 g/mol. The van der Waals surface area contributed by atoms with E-state index in [9.17, 15) is 4.79 Å². The van der Waals surface area contributed by atoms with Gasteiger partial charge >= 0.3 is 0 Å². The molecule has 0 spiro atoms. The van der Waals surface area contributed by atoms with Gasteiger partial charge in [0.2, 0.25) is 5.91 Å². The molecule has 0 aromatic rings. The van der Waals surface area contributed by atoms with E-state index in [-0.39, 0.29) is 11.9 Å². The third-order valence-electron chi connectivity index (χ3n) is 2.30. The van der Waals surface area contributed by atoms with Crippen LogP contribution in [0.3, 0.4) is 0 Å². The molecule has 0 aliphatic carbocycles. The molecular formula is C9H21N3O. The number of hydrogen-bond donors (Lipinski definition) is 2. The normalized spacial score (nSPS) is 13.0. The molecule has 13 heavy (non-hydrogen) atoms. The maximum absolute atomic E-state index is 11.1. The molecule has 1 atom stereocenters. The summed E-state index contributed by atoms with van der Waals surface area (Å²) in [4.78, 5) is 13.3. The number of nitrogens with two attached hydrogens (primary N) is 1. The first kappa shape index (κ1) is 12.4. The smallest absolute Gasteiger partial charge is 0.221 e. The molecule has 0 aliphatic rings. The molecular weight excluding hydrogens is 166 g/mol. The van der Waals surface area contributed by atoms with E-state index >= 15 is 0 Å². The van der Waals surface area contributed by atoms with Crippen LogP contribution in [0.4, 0.5) is 0 Å². The van der Waals surface area contributed by atoms with E-state index in [1.54, 1.807) is 7.05 Å². The highest BCUT2D eigenvalue weighted by Crippen LogP contribution is 2.02. The lowest BCUT2D eigenvalue weighted by Gasteiger charge is -2.27. The van der Waals surface area contributed by atoms with E-state index in [0.717, 1.165) is 13.1 Å². The topological polar surface area (TPSA) is 58.4 Å². The van der Waals surface area contributed by atoms with Crippen LogP contribution in [0.5, 0.6) is 0 Å². The quantitative estimate of drug-likeness (QED) is 0.605. The van der Waals surface area contributed by atoms with Crippen molar-refractivity contribution in [1.82, 2.24) is 10.2 Å². The van der Waals surface area contributed by atoms with Crippen LogP contribution in [0.2, 0.25) is 0 Å². The molecule has 0 aliphatic heterocycles. The molecule has 0 saturated carbocycles. The van der Waals surface area contributed by atoms with E-state index in [2.05, 4.69) is 24.1 Å². The highest BCUT2D eigenvalue weighted by atomic mass is 16.1. The van der Waals surface area contributed by atoms with Gasteiger partial charge in [0.05, 0.1) is 0 Å². The summed E-state index contributed by atoms with van der Waals surface area (Å²) in [5.74, 6) is 0.0577. The van der Waals surface area contributed by atoms with Gasteiger partial charge in [-0.05, 0) is 13.1 Å². The zero-order valence-corrected chi connectivity index (χ0v) is 8.84. The molecule has 0 radical (unpaired) electrons. The molecule has 1 unspecified atom stereocenters. The number of amides is 1. The number of hydrogen-bond acceptors (Lipinski definition) is 3. The second kappa shape index (κ2) is 6.86. The van der Waals surface area contributed by atoms with Gasteiger partial charge in [-0.1, -0.05) is 13.8 Å². The van der Waals surface area contributed by atoms with E-state index in [1.165, 1.54) is 0 Å². The van der Waals surface area contributed by atoms with Crippen molar-refractivity contribution in [3.8, 4) is 0 Å². The molecule has 0 aromatic heterocycles. The Balaban J connectivity index is 4.06. The van der Waals surface area contributed by atoms with Gasteiger partial charge in [-0.25, -0.2) is 0 Å². The van der Waals surface area contributed by atoms with Crippen LogP contribution < -0.4 is 11.1 Å². The molecule has 0 aromatic carbocycles. The van der Waals surface area contributed by atoms with Gasteiger partial charge in [0, 0.05) is 26.1 Å². The minimum absolute atomic E-state index is 0.0577. The SMILES string of the molecule is CCN(CC)C(CN)CC(=O)NC. The summed E-state index contributed by atoms with van der Waals surface area (Å²) >= 11 is 0. The molecule has 0 rings (SSSR count). The van der Waals surface area contributed by atoms with Gasteiger partial charge in [-0.2, -0.15) is 0 Å². The summed E-state index contributed by atoms with van der Waals surface area (Å²) in [6.45, 7) is 6.58. The molecule has 0 bridgehead atoms. The van der Waals surface area contributed by atoms with Gasteiger partial charge in [0.15, 0.2) is 0 Å². The van der Waals surface area contributed by atoms with Crippen molar-refractivity contribution < 1.29 is 4.79 Å². The van der Waals surface area contributed by atoms with E-state index in [0.29, 0.717) is 13.0 Å². The Bertz CT molecular complexity index is 146. The lowest BCUT2D eigenvalue weighted by molar-refractivity contribution is -0.121. The Morgan fingerprint density at radius 3 is 2.31 bits per heavy atom. The fraction of sp³-hybridized carbons (Fsp3) is 0.889. The molecule has 4 nitrogen and oxygen atoms in total. The number of nitrogens with one attached hydrogen (secondary N) is 1.